The average Bonchev–Trinajstić information content (AvgIpc) is 3.22. The van der Waals surface area contributed by atoms with E-state index in [4.69, 9.17) is 18.7 Å². The van der Waals surface area contributed by atoms with Crippen LogP contribution in [0.2, 0.25) is 0 Å². The van der Waals surface area contributed by atoms with E-state index in [-0.39, 0.29) is 23.7 Å². The number of aryl methyl sites for hydroxylation is 1. The molecule has 0 saturated heterocycles. The predicted octanol–water partition coefficient (Wildman–Crippen LogP) is 3.28. The molecule has 0 radical (unpaired) electrons. The summed E-state index contributed by atoms with van der Waals surface area (Å²) in [5.74, 6) is -0.502. The Morgan fingerprint density at radius 3 is 2.60 bits per heavy atom. The molecule has 2 rings (SSSR count). The third kappa shape index (κ3) is 4.96. The second-order valence-electron chi connectivity index (χ2n) is 6.08. The molecule has 0 fully saturated rings. The third-order valence-corrected chi connectivity index (χ3v) is 3.51. The highest BCUT2D eigenvalue weighted by atomic mass is 16.5. The maximum absolute atomic E-state index is 12.5. The van der Waals surface area contributed by atoms with Crippen LogP contribution < -0.4 is 5.32 Å². The second-order valence-corrected chi connectivity index (χ2v) is 6.08. The van der Waals surface area contributed by atoms with E-state index in [9.17, 15) is 9.59 Å². The van der Waals surface area contributed by atoms with E-state index in [1.54, 1.807) is 19.1 Å². The molecule has 2 heterocycles. The van der Waals surface area contributed by atoms with Gasteiger partial charge in [0.2, 0.25) is 0 Å². The van der Waals surface area contributed by atoms with Gasteiger partial charge >= 0.3 is 5.97 Å². The number of nitrogens with one attached hydrogen (secondary N) is 1. The standard InChI is InChI=1S/C18H23NO6/c1-4-14-12(18(21)22)8-16(25-14)17(20)19-13(10-23-9-11(2)3)15-6-5-7-24-15/h5-8,11,13H,4,9-10H2,1-3H3,(H,19,20)(H,21,22). The first-order valence-corrected chi connectivity index (χ1v) is 8.20. The predicted molar refractivity (Wildman–Crippen MR) is 89.6 cm³/mol. The molecule has 0 aliphatic rings. The van der Waals surface area contributed by atoms with Crippen molar-refractivity contribution < 1.29 is 28.3 Å². The zero-order valence-electron chi connectivity index (χ0n) is 14.6. The van der Waals surface area contributed by atoms with Crippen molar-refractivity contribution in [3.63, 3.8) is 0 Å². The molecule has 1 atom stereocenters. The number of amides is 1. The average molecular weight is 349 g/mol. The number of hydrogen-bond donors (Lipinski definition) is 2. The molecule has 2 N–H and O–H groups in total. The number of carbonyl (C=O) groups is 2. The topological polar surface area (TPSA) is 102 Å². The molecule has 136 valence electrons. The minimum atomic E-state index is -1.12. The number of furan rings is 2. The van der Waals surface area contributed by atoms with Crippen molar-refractivity contribution in [2.45, 2.75) is 33.2 Å². The summed E-state index contributed by atoms with van der Waals surface area (Å²) in [5, 5.41) is 11.9. The highest BCUT2D eigenvalue weighted by Gasteiger charge is 2.24. The lowest BCUT2D eigenvalue weighted by Crippen LogP contribution is -2.31. The van der Waals surface area contributed by atoms with Crippen molar-refractivity contribution in [2.24, 2.45) is 5.92 Å². The minimum absolute atomic E-state index is 0.00161. The van der Waals surface area contributed by atoms with E-state index in [2.05, 4.69) is 5.32 Å². The Kier molecular flexibility index (Phi) is 6.41. The van der Waals surface area contributed by atoms with Gasteiger partial charge in [0.1, 0.15) is 23.1 Å². The zero-order chi connectivity index (χ0) is 18.4. The van der Waals surface area contributed by atoms with Crippen LogP contribution in [0.1, 0.15) is 59.2 Å². The van der Waals surface area contributed by atoms with Crippen molar-refractivity contribution in [1.29, 1.82) is 0 Å². The fourth-order valence-corrected chi connectivity index (χ4v) is 2.32. The van der Waals surface area contributed by atoms with Crippen LogP contribution in [0.15, 0.2) is 33.3 Å². The second kappa shape index (κ2) is 8.53. The fourth-order valence-electron chi connectivity index (χ4n) is 2.32. The summed E-state index contributed by atoms with van der Waals surface area (Å²) in [6.07, 6.45) is 1.90. The lowest BCUT2D eigenvalue weighted by atomic mass is 10.2. The Hall–Kier alpha value is -2.54. The summed E-state index contributed by atoms with van der Waals surface area (Å²) in [6, 6.07) is 4.21. The van der Waals surface area contributed by atoms with Gasteiger partial charge in [0.15, 0.2) is 5.76 Å². The first-order valence-electron chi connectivity index (χ1n) is 8.20. The Balaban J connectivity index is 2.12. The molecule has 0 bridgehead atoms. The number of aromatic carboxylic acids is 1. The van der Waals surface area contributed by atoms with Crippen LogP contribution in [-0.4, -0.2) is 30.2 Å². The molecule has 0 aliphatic carbocycles. The fraction of sp³-hybridized carbons (Fsp3) is 0.444. The van der Waals surface area contributed by atoms with Gasteiger partial charge in [-0.2, -0.15) is 0 Å². The minimum Gasteiger partial charge on any atom is -0.478 e. The maximum atomic E-state index is 12.5. The van der Waals surface area contributed by atoms with Crippen molar-refractivity contribution in [2.75, 3.05) is 13.2 Å². The Labute approximate surface area is 146 Å². The number of hydrogen-bond acceptors (Lipinski definition) is 5. The van der Waals surface area contributed by atoms with Gasteiger partial charge in [0.25, 0.3) is 5.91 Å². The molecule has 0 spiro atoms. The monoisotopic (exact) mass is 349 g/mol. The van der Waals surface area contributed by atoms with Crippen molar-refractivity contribution in [1.82, 2.24) is 5.32 Å². The number of carboxylic acids is 1. The van der Waals surface area contributed by atoms with Crippen molar-refractivity contribution >= 4 is 11.9 Å². The van der Waals surface area contributed by atoms with Gasteiger partial charge in [-0.25, -0.2) is 4.79 Å². The summed E-state index contributed by atoms with van der Waals surface area (Å²) in [4.78, 5) is 23.7. The molecule has 1 amide bonds. The normalized spacial score (nSPS) is 12.3. The van der Waals surface area contributed by atoms with Crippen LogP contribution >= 0.6 is 0 Å². The highest BCUT2D eigenvalue weighted by molar-refractivity contribution is 5.96. The smallest absolute Gasteiger partial charge is 0.339 e. The third-order valence-electron chi connectivity index (χ3n) is 3.51. The van der Waals surface area contributed by atoms with Crippen molar-refractivity contribution in [3.8, 4) is 0 Å². The van der Waals surface area contributed by atoms with Gasteiger partial charge in [0, 0.05) is 19.1 Å². The molecule has 0 aromatic carbocycles. The van der Waals surface area contributed by atoms with Gasteiger partial charge in [-0.15, -0.1) is 0 Å². The van der Waals surface area contributed by atoms with E-state index in [0.29, 0.717) is 24.7 Å². The van der Waals surface area contributed by atoms with Crippen LogP contribution in [0, 0.1) is 5.92 Å². The molecule has 25 heavy (non-hydrogen) atoms. The molecule has 2 aromatic rings. The van der Waals surface area contributed by atoms with Gasteiger partial charge in [-0.1, -0.05) is 20.8 Å². The summed E-state index contributed by atoms with van der Waals surface area (Å²) in [5.41, 5.74) is -0.00161. The maximum Gasteiger partial charge on any atom is 0.339 e. The molecular weight excluding hydrogens is 326 g/mol. The molecule has 7 heteroatoms. The van der Waals surface area contributed by atoms with E-state index < -0.39 is 17.9 Å². The lowest BCUT2D eigenvalue weighted by molar-refractivity contribution is 0.0692. The molecule has 7 nitrogen and oxygen atoms in total. The van der Waals surface area contributed by atoms with Gasteiger partial charge in [-0.3, -0.25) is 4.79 Å². The Morgan fingerprint density at radius 1 is 1.32 bits per heavy atom. The summed E-state index contributed by atoms with van der Waals surface area (Å²) >= 11 is 0. The number of ether oxygens (including phenoxy) is 1. The van der Waals surface area contributed by atoms with Crippen LogP contribution in [0.25, 0.3) is 0 Å². The highest BCUT2D eigenvalue weighted by Crippen LogP contribution is 2.19. The van der Waals surface area contributed by atoms with Crippen LogP contribution in [0.3, 0.4) is 0 Å². The quantitative estimate of drug-likeness (QED) is 0.720. The van der Waals surface area contributed by atoms with E-state index >= 15 is 0 Å². The molecule has 0 aliphatic heterocycles. The number of carbonyl (C=O) groups excluding carboxylic acids is 1. The summed E-state index contributed by atoms with van der Waals surface area (Å²) < 4.78 is 16.3. The van der Waals surface area contributed by atoms with E-state index in [1.165, 1.54) is 12.3 Å². The first-order chi connectivity index (χ1) is 11.9. The van der Waals surface area contributed by atoms with Gasteiger partial charge in [-0.05, 0) is 18.1 Å². The lowest BCUT2D eigenvalue weighted by Gasteiger charge is -2.17. The van der Waals surface area contributed by atoms with Crippen LogP contribution in [-0.2, 0) is 11.2 Å². The number of rotatable bonds is 9. The van der Waals surface area contributed by atoms with Gasteiger partial charge in [0.05, 0.1) is 12.9 Å². The van der Waals surface area contributed by atoms with E-state index in [0.717, 1.165) is 0 Å². The molecular formula is C18H23NO6. The van der Waals surface area contributed by atoms with E-state index in [1.807, 2.05) is 13.8 Å². The molecule has 2 aromatic heterocycles. The summed E-state index contributed by atoms with van der Waals surface area (Å²) in [7, 11) is 0. The summed E-state index contributed by atoms with van der Waals surface area (Å²) in [6.45, 7) is 6.62. The Morgan fingerprint density at radius 2 is 2.08 bits per heavy atom. The number of carboxylic acid groups (broad SMARTS) is 1. The van der Waals surface area contributed by atoms with Crippen LogP contribution in [0.5, 0.6) is 0 Å². The molecule has 1 unspecified atom stereocenters. The molecule has 0 saturated carbocycles. The largest absolute Gasteiger partial charge is 0.478 e. The SMILES string of the molecule is CCc1oc(C(=O)NC(COCC(C)C)c2ccco2)cc1C(=O)O. The Bertz CT molecular complexity index is 701. The van der Waals surface area contributed by atoms with Crippen molar-refractivity contribution in [3.05, 3.63) is 47.3 Å². The zero-order valence-corrected chi connectivity index (χ0v) is 14.6. The van der Waals surface area contributed by atoms with Crippen LogP contribution in [0.4, 0.5) is 0 Å². The van der Waals surface area contributed by atoms with Gasteiger partial charge < -0.3 is 24.0 Å². The first kappa shape index (κ1) is 18.8.